The van der Waals surface area contributed by atoms with E-state index in [1.807, 2.05) is 13.8 Å². The standard InChI is InChI=1S/C12H19N3O3S/c1-9-8-18-10(2)7-15(9)19(16,17)11-5-4-6-14-12(11)13-3/h4-6,9-10H,7-8H2,1-3H3,(H,13,14). The summed E-state index contributed by atoms with van der Waals surface area (Å²) in [5.41, 5.74) is 0. The van der Waals surface area contributed by atoms with Crippen molar-refractivity contribution in [3.05, 3.63) is 18.3 Å². The Labute approximate surface area is 113 Å². The molecule has 1 saturated heterocycles. The molecule has 106 valence electrons. The second-order valence-electron chi connectivity index (χ2n) is 4.67. The smallest absolute Gasteiger partial charge is 0.247 e. The van der Waals surface area contributed by atoms with Crippen LogP contribution < -0.4 is 5.32 Å². The van der Waals surface area contributed by atoms with E-state index in [1.54, 1.807) is 25.4 Å². The molecule has 2 heterocycles. The Balaban J connectivity index is 2.41. The first-order valence-corrected chi connectivity index (χ1v) is 7.67. The van der Waals surface area contributed by atoms with Crippen LogP contribution in [0.25, 0.3) is 0 Å². The normalized spacial score (nSPS) is 25.2. The molecule has 2 unspecified atom stereocenters. The number of aromatic nitrogens is 1. The quantitative estimate of drug-likeness (QED) is 0.894. The minimum atomic E-state index is -3.56. The van der Waals surface area contributed by atoms with Crippen molar-refractivity contribution in [2.75, 3.05) is 25.5 Å². The lowest BCUT2D eigenvalue weighted by Crippen LogP contribution is -2.50. The highest BCUT2D eigenvalue weighted by Gasteiger charge is 2.35. The van der Waals surface area contributed by atoms with Gasteiger partial charge in [-0.2, -0.15) is 4.31 Å². The van der Waals surface area contributed by atoms with Crippen molar-refractivity contribution in [3.8, 4) is 0 Å². The summed E-state index contributed by atoms with van der Waals surface area (Å²) in [4.78, 5) is 4.26. The summed E-state index contributed by atoms with van der Waals surface area (Å²) in [6.45, 7) is 4.49. The van der Waals surface area contributed by atoms with E-state index in [0.29, 0.717) is 19.0 Å². The molecule has 0 saturated carbocycles. The predicted molar refractivity (Wildman–Crippen MR) is 72.6 cm³/mol. The maximum atomic E-state index is 12.7. The predicted octanol–water partition coefficient (Wildman–Crippen LogP) is 0.921. The highest BCUT2D eigenvalue weighted by atomic mass is 32.2. The molecule has 0 aliphatic carbocycles. The van der Waals surface area contributed by atoms with Crippen LogP contribution in [0.3, 0.4) is 0 Å². The van der Waals surface area contributed by atoms with Crippen molar-refractivity contribution in [2.24, 2.45) is 0 Å². The highest BCUT2D eigenvalue weighted by Crippen LogP contribution is 2.26. The molecule has 1 aliphatic rings. The van der Waals surface area contributed by atoms with Crippen molar-refractivity contribution >= 4 is 15.8 Å². The zero-order valence-corrected chi connectivity index (χ0v) is 12.1. The number of ether oxygens (including phenoxy) is 1. The number of hydrogen-bond donors (Lipinski definition) is 1. The van der Waals surface area contributed by atoms with Crippen LogP contribution >= 0.6 is 0 Å². The third-order valence-corrected chi connectivity index (χ3v) is 5.16. The van der Waals surface area contributed by atoms with E-state index in [-0.39, 0.29) is 17.0 Å². The van der Waals surface area contributed by atoms with Crippen LogP contribution in [-0.2, 0) is 14.8 Å². The topological polar surface area (TPSA) is 71.5 Å². The van der Waals surface area contributed by atoms with E-state index >= 15 is 0 Å². The second-order valence-corrected chi connectivity index (χ2v) is 6.53. The first-order valence-electron chi connectivity index (χ1n) is 6.23. The van der Waals surface area contributed by atoms with Gasteiger partial charge in [0.05, 0.1) is 12.7 Å². The van der Waals surface area contributed by atoms with Gasteiger partial charge in [-0.3, -0.25) is 0 Å². The molecule has 2 atom stereocenters. The van der Waals surface area contributed by atoms with Gasteiger partial charge in [0.25, 0.3) is 0 Å². The van der Waals surface area contributed by atoms with Crippen molar-refractivity contribution in [2.45, 2.75) is 30.9 Å². The van der Waals surface area contributed by atoms with Crippen LogP contribution in [0, 0.1) is 0 Å². The van der Waals surface area contributed by atoms with Gasteiger partial charge in [-0.05, 0) is 26.0 Å². The van der Waals surface area contributed by atoms with Gasteiger partial charge in [-0.1, -0.05) is 0 Å². The van der Waals surface area contributed by atoms with Crippen LogP contribution in [-0.4, -0.2) is 50.1 Å². The zero-order valence-electron chi connectivity index (χ0n) is 11.3. The number of nitrogens with zero attached hydrogens (tertiary/aromatic N) is 2. The average molecular weight is 285 g/mol. The van der Waals surface area contributed by atoms with E-state index in [0.717, 1.165) is 0 Å². The van der Waals surface area contributed by atoms with Gasteiger partial charge in [0, 0.05) is 25.8 Å². The van der Waals surface area contributed by atoms with Gasteiger partial charge in [0.2, 0.25) is 10.0 Å². The summed E-state index contributed by atoms with van der Waals surface area (Å²) >= 11 is 0. The van der Waals surface area contributed by atoms with Gasteiger partial charge in [-0.25, -0.2) is 13.4 Å². The number of rotatable bonds is 3. The lowest BCUT2D eigenvalue weighted by molar-refractivity contribution is -0.0170. The third-order valence-electron chi connectivity index (χ3n) is 3.14. The lowest BCUT2D eigenvalue weighted by atomic mass is 10.2. The van der Waals surface area contributed by atoms with Crippen molar-refractivity contribution in [3.63, 3.8) is 0 Å². The number of nitrogens with one attached hydrogen (secondary N) is 1. The first-order chi connectivity index (χ1) is 8.96. The fraction of sp³-hybridized carbons (Fsp3) is 0.583. The Bertz CT molecular complexity index is 547. The van der Waals surface area contributed by atoms with Gasteiger partial charge >= 0.3 is 0 Å². The molecule has 1 fully saturated rings. The van der Waals surface area contributed by atoms with Gasteiger partial charge in [-0.15, -0.1) is 0 Å². The number of morpholine rings is 1. The average Bonchev–Trinajstić information content (AvgIpc) is 2.41. The molecule has 1 aromatic rings. The van der Waals surface area contributed by atoms with Crippen molar-refractivity contribution < 1.29 is 13.2 Å². The van der Waals surface area contributed by atoms with E-state index in [9.17, 15) is 8.42 Å². The molecule has 0 amide bonds. The molecule has 19 heavy (non-hydrogen) atoms. The molecule has 1 aliphatic heterocycles. The molecule has 1 N–H and O–H groups in total. The summed E-state index contributed by atoms with van der Waals surface area (Å²) in [5, 5.41) is 2.82. The molecule has 0 bridgehead atoms. The summed E-state index contributed by atoms with van der Waals surface area (Å²) < 4.78 is 32.4. The van der Waals surface area contributed by atoms with Crippen LogP contribution in [0.5, 0.6) is 0 Å². The Hall–Kier alpha value is -1.18. The summed E-state index contributed by atoms with van der Waals surface area (Å²) in [6, 6.07) is 3.02. The monoisotopic (exact) mass is 285 g/mol. The molecule has 0 aromatic carbocycles. The van der Waals surface area contributed by atoms with Gasteiger partial charge in [0.15, 0.2) is 0 Å². The molecule has 0 radical (unpaired) electrons. The Kier molecular flexibility index (Phi) is 4.07. The molecule has 7 heteroatoms. The lowest BCUT2D eigenvalue weighted by Gasteiger charge is -2.35. The minimum Gasteiger partial charge on any atom is -0.375 e. The van der Waals surface area contributed by atoms with E-state index in [1.165, 1.54) is 4.31 Å². The molecular weight excluding hydrogens is 266 g/mol. The Morgan fingerprint density at radius 3 is 2.89 bits per heavy atom. The first kappa shape index (κ1) is 14.2. The van der Waals surface area contributed by atoms with E-state index < -0.39 is 10.0 Å². The minimum absolute atomic E-state index is 0.0966. The molecule has 1 aromatic heterocycles. The summed E-state index contributed by atoms with van der Waals surface area (Å²) in [6.07, 6.45) is 1.47. The fourth-order valence-corrected chi connectivity index (χ4v) is 3.96. The Morgan fingerprint density at radius 2 is 2.21 bits per heavy atom. The SMILES string of the molecule is CNc1ncccc1S(=O)(=O)N1CC(C)OCC1C. The number of hydrogen-bond acceptors (Lipinski definition) is 5. The van der Waals surface area contributed by atoms with Gasteiger partial charge in [0.1, 0.15) is 10.7 Å². The molecular formula is C12H19N3O3S. The number of anilines is 1. The largest absolute Gasteiger partial charge is 0.375 e. The summed E-state index contributed by atoms with van der Waals surface area (Å²) in [5.74, 6) is 0.369. The third kappa shape index (κ3) is 2.72. The Morgan fingerprint density at radius 1 is 1.47 bits per heavy atom. The maximum Gasteiger partial charge on any atom is 0.247 e. The maximum absolute atomic E-state index is 12.7. The molecule has 6 nitrogen and oxygen atoms in total. The second kappa shape index (κ2) is 5.44. The number of pyridine rings is 1. The van der Waals surface area contributed by atoms with Crippen LogP contribution in [0.4, 0.5) is 5.82 Å². The van der Waals surface area contributed by atoms with Crippen LogP contribution in [0.2, 0.25) is 0 Å². The fourth-order valence-electron chi connectivity index (χ4n) is 2.12. The van der Waals surface area contributed by atoms with Crippen molar-refractivity contribution in [1.82, 2.24) is 9.29 Å². The summed E-state index contributed by atoms with van der Waals surface area (Å²) in [7, 11) is -1.90. The van der Waals surface area contributed by atoms with Crippen molar-refractivity contribution in [1.29, 1.82) is 0 Å². The van der Waals surface area contributed by atoms with Crippen LogP contribution in [0.1, 0.15) is 13.8 Å². The van der Waals surface area contributed by atoms with Crippen LogP contribution in [0.15, 0.2) is 23.2 Å². The molecule has 2 rings (SSSR count). The highest BCUT2D eigenvalue weighted by molar-refractivity contribution is 7.89. The van der Waals surface area contributed by atoms with E-state index in [4.69, 9.17) is 4.74 Å². The molecule has 0 spiro atoms. The van der Waals surface area contributed by atoms with Gasteiger partial charge < -0.3 is 10.1 Å². The number of sulfonamides is 1. The van der Waals surface area contributed by atoms with E-state index in [2.05, 4.69) is 10.3 Å². The zero-order chi connectivity index (χ0) is 14.0.